The second-order valence-electron chi connectivity index (χ2n) is 14.8. The summed E-state index contributed by atoms with van der Waals surface area (Å²) in [5, 5.41) is 24.4. The van der Waals surface area contributed by atoms with Gasteiger partial charge in [0.15, 0.2) is 10.9 Å². The number of thioether (sulfide) groups is 1. The third-order valence-corrected chi connectivity index (χ3v) is 12.8. The lowest BCUT2D eigenvalue weighted by molar-refractivity contribution is -0.137. The average Bonchev–Trinajstić information content (AvgIpc) is 3.85. The predicted molar refractivity (Wildman–Crippen MR) is 204 cm³/mol. The fourth-order valence-electron chi connectivity index (χ4n) is 8.15. The first kappa shape index (κ1) is 38.3. The molecule has 2 aromatic heterocycles. The van der Waals surface area contributed by atoms with Crippen LogP contribution in [-0.2, 0) is 12.6 Å². The number of aromatic nitrogens is 2. The number of ketones is 1. The number of carbonyl (C=O) groups is 1. The van der Waals surface area contributed by atoms with Crippen LogP contribution in [0.4, 0.5) is 13.2 Å². The van der Waals surface area contributed by atoms with Crippen molar-refractivity contribution in [3.63, 3.8) is 0 Å². The number of aromatic amines is 1. The molecule has 3 aliphatic carbocycles. The lowest BCUT2D eigenvalue weighted by atomic mass is 9.65. The number of rotatable bonds is 7. The summed E-state index contributed by atoms with van der Waals surface area (Å²) in [7, 11) is 1.61. The van der Waals surface area contributed by atoms with Crippen molar-refractivity contribution in [2.24, 2.45) is 5.41 Å². The Labute approximate surface area is 321 Å². The molecule has 4 atom stereocenters. The Morgan fingerprint density at radius 1 is 1.09 bits per heavy atom. The van der Waals surface area contributed by atoms with Gasteiger partial charge in [-0.3, -0.25) is 4.79 Å². The first-order chi connectivity index (χ1) is 25.7. The normalized spacial score (nSPS) is 23.6. The van der Waals surface area contributed by atoms with E-state index < -0.39 is 34.6 Å². The Morgan fingerprint density at radius 3 is 2.69 bits per heavy atom. The second kappa shape index (κ2) is 14.9. The molecule has 2 bridgehead atoms. The van der Waals surface area contributed by atoms with Crippen molar-refractivity contribution >= 4 is 40.2 Å². The Hall–Kier alpha value is -4.03. The van der Waals surface area contributed by atoms with Crippen molar-refractivity contribution in [3.05, 3.63) is 111 Å². The summed E-state index contributed by atoms with van der Waals surface area (Å²) in [5.41, 5.74) is 2.04. The number of furan rings is 1. The number of nitrogens with one attached hydrogen (secondary N) is 1. The van der Waals surface area contributed by atoms with Crippen LogP contribution in [0.15, 0.2) is 88.0 Å². The van der Waals surface area contributed by atoms with Gasteiger partial charge in [-0.05, 0) is 117 Å². The summed E-state index contributed by atoms with van der Waals surface area (Å²) in [6.45, 7) is 4.18. The van der Waals surface area contributed by atoms with Crippen molar-refractivity contribution in [1.82, 2.24) is 9.97 Å². The van der Waals surface area contributed by atoms with E-state index in [1.807, 2.05) is 30.3 Å². The third-order valence-electron chi connectivity index (χ3n) is 11.4. The Bertz CT molecular complexity index is 2230. The number of hydrogen-bond acceptors (Lipinski definition) is 7. The van der Waals surface area contributed by atoms with Crippen molar-refractivity contribution in [1.29, 1.82) is 0 Å². The smallest absolute Gasteiger partial charge is 0.416 e. The third kappa shape index (κ3) is 7.48. The first-order valence-corrected chi connectivity index (χ1v) is 19.4. The minimum absolute atomic E-state index is 0.0231. The van der Waals surface area contributed by atoms with E-state index in [0.717, 1.165) is 46.8 Å². The molecule has 0 saturated heterocycles. The van der Waals surface area contributed by atoms with Crippen LogP contribution in [0.5, 0.6) is 5.75 Å². The topological polar surface area (TPSA) is 109 Å². The van der Waals surface area contributed by atoms with Crippen LogP contribution < -0.4 is 4.74 Å². The van der Waals surface area contributed by atoms with Crippen LogP contribution in [0.1, 0.15) is 91.1 Å². The van der Waals surface area contributed by atoms with Gasteiger partial charge in [-0.1, -0.05) is 54.1 Å². The van der Waals surface area contributed by atoms with E-state index in [9.17, 15) is 28.2 Å². The molecule has 5 aromatic rings. The van der Waals surface area contributed by atoms with Gasteiger partial charge >= 0.3 is 6.18 Å². The van der Waals surface area contributed by atoms with E-state index in [4.69, 9.17) is 25.7 Å². The number of methoxy groups -OCH3 is 1. The van der Waals surface area contributed by atoms with Gasteiger partial charge in [-0.25, -0.2) is 4.98 Å². The number of nitrogens with zero attached hydrogens (tertiary/aromatic N) is 1. The summed E-state index contributed by atoms with van der Waals surface area (Å²) < 4.78 is 52.0. The molecule has 8 rings (SSSR count). The van der Waals surface area contributed by atoms with Crippen molar-refractivity contribution in [3.8, 4) is 17.1 Å². The van der Waals surface area contributed by atoms with Crippen LogP contribution in [0.25, 0.3) is 22.4 Å². The van der Waals surface area contributed by atoms with Gasteiger partial charge in [-0.2, -0.15) is 13.2 Å². The van der Waals surface area contributed by atoms with Crippen molar-refractivity contribution in [2.75, 3.05) is 12.9 Å². The largest absolute Gasteiger partial charge is 0.497 e. The molecule has 2 heterocycles. The molecule has 284 valence electrons. The van der Waals surface area contributed by atoms with Crippen LogP contribution >= 0.6 is 23.4 Å². The van der Waals surface area contributed by atoms with Crippen molar-refractivity contribution in [2.45, 2.75) is 87.7 Å². The zero-order valence-electron chi connectivity index (χ0n) is 30.2. The summed E-state index contributed by atoms with van der Waals surface area (Å²) >= 11 is 7.78. The molecular formula is C42H42ClF3N2O5S. The van der Waals surface area contributed by atoms with E-state index in [1.165, 1.54) is 29.5 Å². The maximum absolute atomic E-state index is 14.5. The highest BCUT2D eigenvalue weighted by atomic mass is 35.5. The fraction of sp³-hybridized carbons (Fsp3) is 0.381. The summed E-state index contributed by atoms with van der Waals surface area (Å²) in [6.07, 6.45) is 1.03. The van der Waals surface area contributed by atoms with Crippen LogP contribution in [-0.4, -0.2) is 50.5 Å². The number of ether oxygens (including phenoxy) is 1. The van der Waals surface area contributed by atoms with Gasteiger partial charge in [0.25, 0.3) is 0 Å². The Balaban J connectivity index is 1.26. The van der Waals surface area contributed by atoms with Gasteiger partial charge < -0.3 is 24.4 Å². The number of hydrogen-bond donors (Lipinski definition) is 3. The van der Waals surface area contributed by atoms with Crippen LogP contribution in [0, 0.1) is 5.41 Å². The summed E-state index contributed by atoms with van der Waals surface area (Å²) in [6, 6.07) is 17.2. The molecule has 7 nitrogen and oxygen atoms in total. The predicted octanol–water partition coefficient (Wildman–Crippen LogP) is 10.6. The van der Waals surface area contributed by atoms with Gasteiger partial charge in [0.1, 0.15) is 11.5 Å². The number of allylic oxidation sites excluding steroid dienone is 2. The van der Waals surface area contributed by atoms with Crippen molar-refractivity contribution < 1.29 is 37.3 Å². The molecule has 0 unspecified atom stereocenters. The standard InChI is InChI=1S/C42H42ClF3N2O5S/c1-24-5-4-17-40(2)32(16-18-41(40,51)23-54-39-47-34-13-10-28(52-3)22-35(34)48-39)29-11-7-25(19-27(49)9-6-24)20-30(29)38(50)37-15-14-36(53-37)31-21-26(42(44,45)46)8-12-33(31)43/h5,7-8,10-15,20-22,27,32,49,51H,4,6,9,16-19,23H2,1-3H3,(H,47,48)/t27-,32-,40-,41+/m0/s1. The Kier molecular flexibility index (Phi) is 10.6. The van der Waals surface area contributed by atoms with E-state index in [1.54, 1.807) is 13.2 Å². The highest BCUT2D eigenvalue weighted by molar-refractivity contribution is 7.99. The van der Waals surface area contributed by atoms with E-state index >= 15 is 0 Å². The number of imidazole rings is 1. The van der Waals surface area contributed by atoms with E-state index in [0.29, 0.717) is 60.7 Å². The molecule has 0 spiro atoms. The number of halogens is 4. The molecule has 1 saturated carbocycles. The number of alkyl halides is 3. The lowest BCUT2D eigenvalue weighted by Gasteiger charge is -2.44. The van der Waals surface area contributed by atoms with Crippen LogP contribution in [0.2, 0.25) is 5.02 Å². The minimum atomic E-state index is -4.59. The quantitative estimate of drug-likeness (QED) is 0.0857. The minimum Gasteiger partial charge on any atom is -0.497 e. The molecule has 0 amide bonds. The number of aliphatic hydroxyl groups is 2. The van der Waals surface area contributed by atoms with E-state index in [-0.39, 0.29) is 28.0 Å². The van der Waals surface area contributed by atoms with Gasteiger partial charge in [0, 0.05) is 28.4 Å². The maximum atomic E-state index is 14.5. The second-order valence-corrected chi connectivity index (χ2v) is 16.2. The number of fused-ring (bicyclic) bond motifs is 9. The molecule has 0 radical (unpaired) electrons. The number of carbonyl (C=O) groups excluding carboxylic acids is 1. The molecule has 3 aromatic carbocycles. The van der Waals surface area contributed by atoms with Gasteiger partial charge in [-0.15, -0.1) is 0 Å². The summed E-state index contributed by atoms with van der Waals surface area (Å²) in [5.74, 6) is 0.393. The van der Waals surface area contributed by atoms with Gasteiger partial charge in [0.05, 0.1) is 40.4 Å². The lowest BCUT2D eigenvalue weighted by Crippen LogP contribution is -2.46. The van der Waals surface area contributed by atoms with Crippen LogP contribution in [0.3, 0.4) is 0 Å². The monoisotopic (exact) mass is 778 g/mol. The Morgan fingerprint density at radius 2 is 1.91 bits per heavy atom. The molecular weight excluding hydrogens is 737 g/mol. The SMILES string of the molecule is COc1ccc2nc(SC[C@]3(O)CC[C@H]4c5ccc(cc5C(=O)c5ccc(-c6cc(C(F)(F)F)ccc6Cl)o5)C[C@@H](O)CCC(C)=CCC[C@@]43C)[nH]c2c1. The summed E-state index contributed by atoms with van der Waals surface area (Å²) in [4.78, 5) is 22.6. The molecule has 1 fully saturated rings. The number of H-pyrrole nitrogens is 1. The van der Waals surface area contributed by atoms with E-state index in [2.05, 4.69) is 24.9 Å². The number of aliphatic hydroxyl groups excluding tert-OH is 1. The first-order valence-electron chi connectivity index (χ1n) is 18.0. The zero-order valence-corrected chi connectivity index (χ0v) is 31.8. The molecule has 3 N–H and O–H groups in total. The molecule has 54 heavy (non-hydrogen) atoms. The number of benzene rings is 3. The molecule has 3 aliphatic rings. The maximum Gasteiger partial charge on any atom is 0.416 e. The van der Waals surface area contributed by atoms with Gasteiger partial charge in [0.2, 0.25) is 5.78 Å². The molecule has 0 aliphatic heterocycles. The highest BCUT2D eigenvalue weighted by Crippen LogP contribution is 2.59. The highest BCUT2D eigenvalue weighted by Gasteiger charge is 2.57. The fourth-order valence-corrected chi connectivity index (χ4v) is 9.56. The molecule has 12 heteroatoms. The zero-order chi connectivity index (χ0) is 38.4. The average molecular weight is 779 g/mol.